The van der Waals surface area contributed by atoms with Gasteiger partial charge in [0.05, 0.1) is 5.56 Å². The second kappa shape index (κ2) is 4.72. The number of nitrogen functional groups attached to an aromatic ring is 1. The van der Waals surface area contributed by atoms with Crippen molar-refractivity contribution in [1.82, 2.24) is 0 Å². The van der Waals surface area contributed by atoms with Gasteiger partial charge in [0.2, 0.25) is 0 Å². The molecule has 0 saturated carbocycles. The van der Waals surface area contributed by atoms with E-state index in [2.05, 4.69) is 0 Å². The van der Waals surface area contributed by atoms with Crippen LogP contribution in [0.5, 0.6) is 5.75 Å². The lowest BCUT2D eigenvalue weighted by atomic mass is 10.1. The van der Waals surface area contributed by atoms with E-state index < -0.39 is 0 Å². The number of halogens is 1. The Hall–Kier alpha value is -2.20. The molecule has 3 N–H and O–H groups in total. The van der Waals surface area contributed by atoms with Crippen LogP contribution >= 0.6 is 11.6 Å². The number of anilines is 2. The molecule has 3 rings (SSSR count). The maximum atomic E-state index is 12.5. The van der Waals surface area contributed by atoms with Crippen molar-refractivity contribution in [1.29, 1.82) is 0 Å². The largest absolute Gasteiger partial charge is 0.507 e. The lowest BCUT2D eigenvalue weighted by Gasteiger charge is -2.18. The van der Waals surface area contributed by atoms with Crippen molar-refractivity contribution < 1.29 is 9.90 Å². The molecule has 0 aliphatic carbocycles. The molecule has 0 spiro atoms. The van der Waals surface area contributed by atoms with Crippen LogP contribution in [-0.2, 0) is 6.42 Å². The highest BCUT2D eigenvalue weighted by molar-refractivity contribution is 6.31. The monoisotopic (exact) mass is 288 g/mol. The Morgan fingerprint density at radius 1 is 1.30 bits per heavy atom. The molecule has 0 saturated heterocycles. The van der Waals surface area contributed by atoms with Gasteiger partial charge in [0.15, 0.2) is 0 Å². The van der Waals surface area contributed by atoms with Crippen molar-refractivity contribution >= 4 is 28.9 Å². The first-order valence-corrected chi connectivity index (χ1v) is 6.63. The second-order valence-corrected chi connectivity index (χ2v) is 5.15. The first-order valence-electron chi connectivity index (χ1n) is 6.25. The molecule has 102 valence electrons. The molecule has 1 amide bonds. The van der Waals surface area contributed by atoms with Gasteiger partial charge >= 0.3 is 0 Å². The van der Waals surface area contributed by atoms with E-state index in [1.807, 2.05) is 18.2 Å². The molecule has 1 aliphatic heterocycles. The zero-order valence-electron chi connectivity index (χ0n) is 10.6. The molecular weight excluding hydrogens is 276 g/mol. The Bertz CT molecular complexity index is 700. The molecule has 2 aromatic rings. The average molecular weight is 289 g/mol. The predicted octanol–water partition coefficient (Wildman–Crippen LogP) is 2.83. The molecule has 0 bridgehead atoms. The maximum Gasteiger partial charge on any atom is 0.262 e. The van der Waals surface area contributed by atoms with Crippen LogP contribution in [0.15, 0.2) is 36.4 Å². The second-order valence-electron chi connectivity index (χ2n) is 4.71. The summed E-state index contributed by atoms with van der Waals surface area (Å²) < 4.78 is 0. The quantitative estimate of drug-likeness (QED) is 0.793. The minimum Gasteiger partial charge on any atom is -0.507 e. The summed E-state index contributed by atoms with van der Waals surface area (Å²) >= 11 is 5.78. The molecule has 1 aliphatic rings. The fraction of sp³-hybridized carbons (Fsp3) is 0.133. The van der Waals surface area contributed by atoms with E-state index in [0.717, 1.165) is 17.7 Å². The normalized spacial score (nSPS) is 13.3. The molecule has 2 aromatic carbocycles. The molecule has 0 unspecified atom stereocenters. The number of carbonyl (C=O) groups excluding carboxylic acids is 1. The summed E-state index contributed by atoms with van der Waals surface area (Å²) in [6.45, 7) is 0.560. The zero-order valence-corrected chi connectivity index (χ0v) is 11.4. The molecule has 0 atom stereocenters. The Kier molecular flexibility index (Phi) is 3.03. The van der Waals surface area contributed by atoms with E-state index in [0.29, 0.717) is 17.3 Å². The molecular formula is C15H13ClN2O2. The number of aromatic hydroxyl groups is 1. The van der Waals surface area contributed by atoms with Crippen LogP contribution in [0, 0.1) is 0 Å². The summed E-state index contributed by atoms with van der Waals surface area (Å²) in [6, 6.07) is 10.00. The molecule has 0 aromatic heterocycles. The third-order valence-electron chi connectivity index (χ3n) is 3.50. The Morgan fingerprint density at radius 3 is 2.85 bits per heavy atom. The van der Waals surface area contributed by atoms with E-state index in [1.54, 1.807) is 11.0 Å². The molecule has 1 heterocycles. The summed E-state index contributed by atoms with van der Waals surface area (Å²) in [6.07, 6.45) is 0.724. The van der Waals surface area contributed by atoms with Gasteiger partial charge < -0.3 is 15.7 Å². The molecule has 5 heteroatoms. The third kappa shape index (κ3) is 1.98. The molecule has 20 heavy (non-hydrogen) atoms. The van der Waals surface area contributed by atoms with Crippen molar-refractivity contribution in [2.24, 2.45) is 0 Å². The van der Waals surface area contributed by atoms with Crippen molar-refractivity contribution in [3.05, 3.63) is 52.5 Å². The number of amides is 1. The van der Waals surface area contributed by atoms with Crippen molar-refractivity contribution in [2.45, 2.75) is 6.42 Å². The van der Waals surface area contributed by atoms with Crippen molar-refractivity contribution in [2.75, 3.05) is 17.2 Å². The van der Waals surface area contributed by atoms with Crippen LogP contribution in [0.4, 0.5) is 11.4 Å². The topological polar surface area (TPSA) is 66.6 Å². The van der Waals surface area contributed by atoms with E-state index in [4.69, 9.17) is 17.3 Å². The number of nitrogens with zero attached hydrogens (tertiary/aromatic N) is 1. The summed E-state index contributed by atoms with van der Waals surface area (Å²) in [4.78, 5) is 14.2. The summed E-state index contributed by atoms with van der Waals surface area (Å²) in [5.74, 6) is -0.358. The van der Waals surface area contributed by atoms with Gasteiger partial charge in [-0.1, -0.05) is 17.7 Å². The smallest absolute Gasteiger partial charge is 0.262 e. The fourth-order valence-corrected chi connectivity index (χ4v) is 2.67. The number of hydrogen-bond acceptors (Lipinski definition) is 3. The van der Waals surface area contributed by atoms with Crippen LogP contribution in [-0.4, -0.2) is 17.6 Å². The molecule has 0 fully saturated rings. The Labute approximate surface area is 121 Å². The van der Waals surface area contributed by atoms with E-state index in [-0.39, 0.29) is 17.2 Å². The van der Waals surface area contributed by atoms with Gasteiger partial charge in [-0.3, -0.25) is 4.79 Å². The van der Waals surface area contributed by atoms with E-state index >= 15 is 0 Å². The van der Waals surface area contributed by atoms with Crippen LogP contribution in [0.3, 0.4) is 0 Å². The molecule has 4 nitrogen and oxygen atoms in total. The van der Waals surface area contributed by atoms with Gasteiger partial charge in [0.25, 0.3) is 5.91 Å². The standard InChI is InChI=1S/C15H13ClN2O2/c16-9-4-5-11(14(19)8-9)15(20)18-7-6-10-12(17)2-1-3-13(10)18/h1-5,8,19H,6-7,17H2. The van der Waals surface area contributed by atoms with E-state index in [9.17, 15) is 9.90 Å². The van der Waals surface area contributed by atoms with Crippen LogP contribution in [0.1, 0.15) is 15.9 Å². The number of hydrogen-bond donors (Lipinski definition) is 2. The number of benzene rings is 2. The van der Waals surface area contributed by atoms with E-state index in [1.165, 1.54) is 12.1 Å². The molecule has 0 radical (unpaired) electrons. The van der Waals surface area contributed by atoms with Gasteiger partial charge in [-0.25, -0.2) is 0 Å². The number of nitrogens with two attached hydrogens (primary N) is 1. The zero-order chi connectivity index (χ0) is 14.3. The summed E-state index contributed by atoms with van der Waals surface area (Å²) in [5.41, 5.74) is 8.64. The number of carbonyl (C=O) groups is 1. The van der Waals surface area contributed by atoms with Gasteiger partial charge in [-0.05, 0) is 36.8 Å². The van der Waals surface area contributed by atoms with Crippen LogP contribution in [0.25, 0.3) is 0 Å². The number of phenolic OH excluding ortho intramolecular Hbond substituents is 1. The van der Waals surface area contributed by atoms with Crippen LogP contribution in [0.2, 0.25) is 5.02 Å². The number of rotatable bonds is 1. The van der Waals surface area contributed by atoms with Gasteiger partial charge in [0, 0.05) is 28.5 Å². The Morgan fingerprint density at radius 2 is 2.10 bits per heavy atom. The van der Waals surface area contributed by atoms with Crippen molar-refractivity contribution in [3.63, 3.8) is 0 Å². The number of fused-ring (bicyclic) bond motifs is 1. The van der Waals surface area contributed by atoms with Gasteiger partial charge in [-0.15, -0.1) is 0 Å². The highest BCUT2D eigenvalue weighted by Crippen LogP contribution is 2.34. The summed E-state index contributed by atoms with van der Waals surface area (Å²) in [7, 11) is 0. The minimum absolute atomic E-state index is 0.111. The highest BCUT2D eigenvalue weighted by Gasteiger charge is 2.28. The highest BCUT2D eigenvalue weighted by atomic mass is 35.5. The van der Waals surface area contributed by atoms with Gasteiger partial charge in [0.1, 0.15) is 5.75 Å². The lowest BCUT2D eigenvalue weighted by Crippen LogP contribution is -2.28. The number of phenols is 1. The van der Waals surface area contributed by atoms with Crippen LogP contribution < -0.4 is 10.6 Å². The maximum absolute atomic E-state index is 12.5. The van der Waals surface area contributed by atoms with Gasteiger partial charge in [-0.2, -0.15) is 0 Å². The minimum atomic E-state index is -0.247. The first kappa shape index (κ1) is 12.8. The third-order valence-corrected chi connectivity index (χ3v) is 3.73. The SMILES string of the molecule is Nc1cccc2c1CCN2C(=O)c1ccc(Cl)cc1O. The average Bonchev–Trinajstić information content (AvgIpc) is 2.83. The Balaban J connectivity index is 2.00. The first-order chi connectivity index (χ1) is 9.58. The van der Waals surface area contributed by atoms with Crippen molar-refractivity contribution in [3.8, 4) is 5.75 Å². The fourth-order valence-electron chi connectivity index (χ4n) is 2.50. The predicted molar refractivity (Wildman–Crippen MR) is 79.4 cm³/mol. The summed E-state index contributed by atoms with van der Waals surface area (Å²) in [5, 5.41) is 10.3. The lowest BCUT2D eigenvalue weighted by molar-refractivity contribution is 0.0987.